The number of amides is 1. The van der Waals surface area contributed by atoms with Crippen LogP contribution in [0.1, 0.15) is 62.4 Å². The Hall–Kier alpha value is -5.39. The third-order valence-electron chi connectivity index (χ3n) is 9.28. The number of nitrogens with zero attached hydrogens (tertiary/aromatic N) is 2. The lowest BCUT2D eigenvalue weighted by Gasteiger charge is -2.41. The van der Waals surface area contributed by atoms with Gasteiger partial charge in [0.15, 0.2) is 6.29 Å². The van der Waals surface area contributed by atoms with Crippen LogP contribution in [0, 0.1) is 5.92 Å². The number of aromatic carboxylic acids is 1. The summed E-state index contributed by atoms with van der Waals surface area (Å²) in [6.07, 6.45) is 0.254. The number of aliphatic hydroxyl groups is 1. The predicted octanol–water partition coefficient (Wildman–Crippen LogP) is 8.00. The van der Waals surface area contributed by atoms with E-state index in [0.717, 1.165) is 38.9 Å². The maximum atomic E-state index is 13.0. The number of hydrogen-bond acceptors (Lipinski definition) is 8. The van der Waals surface area contributed by atoms with Crippen molar-refractivity contribution in [2.24, 2.45) is 5.92 Å². The van der Waals surface area contributed by atoms with E-state index in [1.165, 1.54) is 18.0 Å². The van der Waals surface area contributed by atoms with Gasteiger partial charge in [-0.2, -0.15) is 0 Å². The smallest absolute Gasteiger partial charge is 0.336 e. The first kappa shape index (κ1) is 35.0. The van der Waals surface area contributed by atoms with Crippen molar-refractivity contribution in [3.8, 4) is 11.1 Å². The summed E-state index contributed by atoms with van der Waals surface area (Å²) in [6, 6.07) is 38.1. The number of aromatic nitrogens is 2. The molecule has 1 fully saturated rings. The van der Waals surface area contributed by atoms with Gasteiger partial charge in [0.2, 0.25) is 0 Å². The van der Waals surface area contributed by atoms with Gasteiger partial charge in [-0.15, -0.1) is 11.8 Å². The van der Waals surface area contributed by atoms with Crippen LogP contribution in [0.5, 0.6) is 0 Å². The molecule has 1 amide bonds. The number of rotatable bonds is 11. The highest BCUT2D eigenvalue weighted by Gasteiger charge is 2.38. The van der Waals surface area contributed by atoms with Gasteiger partial charge < -0.3 is 25.0 Å². The Labute approximate surface area is 305 Å². The Kier molecular flexibility index (Phi) is 10.7. The summed E-state index contributed by atoms with van der Waals surface area (Å²) < 4.78 is 13.3. The molecule has 0 unspecified atom stereocenters. The number of hydrogen-bond donors (Lipinski definition) is 3. The van der Waals surface area contributed by atoms with Gasteiger partial charge in [0, 0.05) is 28.7 Å². The third kappa shape index (κ3) is 7.75. The zero-order valence-corrected chi connectivity index (χ0v) is 29.2. The molecule has 5 aromatic carbocycles. The summed E-state index contributed by atoms with van der Waals surface area (Å²) in [5.74, 6) is -0.794. The van der Waals surface area contributed by atoms with Gasteiger partial charge in [0.25, 0.3) is 5.91 Å². The minimum Gasteiger partial charge on any atom is -0.478 e. The van der Waals surface area contributed by atoms with E-state index in [1.54, 1.807) is 12.1 Å². The maximum absolute atomic E-state index is 13.0. The third-order valence-corrected chi connectivity index (χ3v) is 10.4. The van der Waals surface area contributed by atoms with Crippen molar-refractivity contribution in [1.82, 2.24) is 15.3 Å². The fraction of sp³-hybridized carbons (Fsp3) is 0.190. The lowest BCUT2D eigenvalue weighted by Crippen LogP contribution is -2.38. The molecule has 0 bridgehead atoms. The van der Waals surface area contributed by atoms with Gasteiger partial charge in [-0.1, -0.05) is 104 Å². The molecule has 9 nitrogen and oxygen atoms in total. The Morgan fingerprint density at radius 1 is 0.808 bits per heavy atom. The van der Waals surface area contributed by atoms with Gasteiger partial charge in [-0.25, -0.2) is 9.78 Å². The predicted molar refractivity (Wildman–Crippen MR) is 200 cm³/mol. The lowest BCUT2D eigenvalue weighted by atomic mass is 9.91. The molecule has 52 heavy (non-hydrogen) atoms. The van der Waals surface area contributed by atoms with E-state index in [2.05, 4.69) is 22.2 Å². The normalized spacial score (nSPS) is 18.6. The van der Waals surface area contributed by atoms with Crippen molar-refractivity contribution in [3.05, 3.63) is 161 Å². The monoisotopic (exact) mass is 711 g/mol. The number of thioether (sulfide) groups is 1. The van der Waals surface area contributed by atoms with Crippen LogP contribution in [0.3, 0.4) is 0 Å². The molecule has 2 heterocycles. The van der Waals surface area contributed by atoms with Crippen LogP contribution in [-0.2, 0) is 22.6 Å². The molecule has 1 saturated heterocycles. The number of aliphatic hydroxyl groups excluding tert-OH is 1. The van der Waals surface area contributed by atoms with E-state index >= 15 is 0 Å². The van der Waals surface area contributed by atoms with E-state index in [4.69, 9.17) is 9.47 Å². The second-order valence-electron chi connectivity index (χ2n) is 12.6. The van der Waals surface area contributed by atoms with Crippen LogP contribution in [0.15, 0.2) is 132 Å². The quantitative estimate of drug-likeness (QED) is 0.114. The van der Waals surface area contributed by atoms with Crippen molar-refractivity contribution in [1.29, 1.82) is 0 Å². The Bertz CT molecular complexity index is 2190. The van der Waals surface area contributed by atoms with Crippen LogP contribution in [-0.4, -0.2) is 43.9 Å². The van der Waals surface area contributed by atoms with E-state index in [1.807, 2.05) is 109 Å². The molecule has 0 radical (unpaired) electrons. The zero-order valence-electron chi connectivity index (χ0n) is 28.4. The number of carboxylic acid groups (broad SMARTS) is 1. The fourth-order valence-corrected chi connectivity index (χ4v) is 7.57. The second kappa shape index (κ2) is 15.9. The van der Waals surface area contributed by atoms with Gasteiger partial charge in [-0.05, 0) is 52.1 Å². The number of benzene rings is 5. The largest absolute Gasteiger partial charge is 0.478 e. The average molecular weight is 712 g/mol. The molecule has 3 N–H and O–H groups in total. The SMILES string of the molecule is C[C@@H]1[C@H](CSc2ccccc2C(=O)O)O[C@H](c2ccc(-c3ccccc3CNC(=O)c3cnc4ccccc4n3)cc2)O[C@@H]1c1ccc(CO)cc1. The Morgan fingerprint density at radius 3 is 2.27 bits per heavy atom. The number of carboxylic acids is 1. The van der Waals surface area contributed by atoms with Crippen LogP contribution in [0.2, 0.25) is 0 Å². The summed E-state index contributed by atoms with van der Waals surface area (Å²) in [4.78, 5) is 34.4. The topological polar surface area (TPSA) is 131 Å². The van der Waals surface area contributed by atoms with Crippen LogP contribution in [0.25, 0.3) is 22.2 Å². The van der Waals surface area contributed by atoms with Gasteiger partial charge in [0.1, 0.15) is 5.69 Å². The highest BCUT2D eigenvalue weighted by Crippen LogP contribution is 2.43. The molecule has 262 valence electrons. The second-order valence-corrected chi connectivity index (χ2v) is 13.7. The first-order valence-corrected chi connectivity index (χ1v) is 18.0. The van der Waals surface area contributed by atoms with Crippen molar-refractivity contribution in [3.63, 3.8) is 0 Å². The molecule has 4 atom stereocenters. The molecule has 10 heteroatoms. The Balaban J connectivity index is 1.10. The van der Waals surface area contributed by atoms with E-state index in [0.29, 0.717) is 22.7 Å². The van der Waals surface area contributed by atoms with Crippen LogP contribution >= 0.6 is 11.8 Å². The highest BCUT2D eigenvalue weighted by molar-refractivity contribution is 7.99. The molecule has 1 aliphatic heterocycles. The Morgan fingerprint density at radius 2 is 1.50 bits per heavy atom. The zero-order chi connectivity index (χ0) is 36.0. The summed E-state index contributed by atoms with van der Waals surface area (Å²) >= 11 is 1.46. The van der Waals surface area contributed by atoms with Gasteiger partial charge in [-0.3, -0.25) is 9.78 Å². The summed E-state index contributed by atoms with van der Waals surface area (Å²) in [7, 11) is 0. The molecule has 6 aromatic rings. The van der Waals surface area contributed by atoms with Crippen LogP contribution < -0.4 is 5.32 Å². The van der Waals surface area contributed by atoms with E-state index in [9.17, 15) is 19.8 Å². The average Bonchev–Trinajstić information content (AvgIpc) is 3.19. The summed E-state index contributed by atoms with van der Waals surface area (Å²) in [5.41, 5.74) is 7.44. The molecular weight excluding hydrogens is 675 g/mol. The maximum Gasteiger partial charge on any atom is 0.336 e. The minimum absolute atomic E-state index is 0.0453. The molecule has 7 rings (SSSR count). The minimum atomic E-state index is -0.966. The number of carbonyl (C=O) groups excluding carboxylic acids is 1. The highest BCUT2D eigenvalue weighted by atomic mass is 32.2. The van der Waals surface area contributed by atoms with Crippen molar-refractivity contribution < 1.29 is 29.3 Å². The lowest BCUT2D eigenvalue weighted by molar-refractivity contribution is -0.268. The number of para-hydroxylation sites is 2. The van der Waals surface area contributed by atoms with Gasteiger partial charge in [0.05, 0.1) is 41.6 Å². The molecule has 0 saturated carbocycles. The summed E-state index contributed by atoms with van der Waals surface area (Å²) in [6.45, 7) is 2.34. The van der Waals surface area contributed by atoms with Crippen molar-refractivity contribution >= 4 is 34.7 Å². The molecule has 1 aromatic heterocycles. The van der Waals surface area contributed by atoms with Crippen molar-refractivity contribution in [2.75, 3.05) is 5.75 Å². The number of ether oxygens (including phenoxy) is 2. The first-order chi connectivity index (χ1) is 25.4. The fourth-order valence-electron chi connectivity index (χ4n) is 6.36. The van der Waals surface area contributed by atoms with E-state index < -0.39 is 12.3 Å². The van der Waals surface area contributed by atoms with Gasteiger partial charge >= 0.3 is 5.97 Å². The standard InChI is InChI=1S/C42H37N3O6S/c1-26-37(25-52-38-13-7-4-10-33(38)41(48)49)50-42(51-39(26)29-16-14-27(24-46)15-17-29)30-20-18-28(19-21-30)32-9-3-2-8-31(32)22-44-40(47)36-23-43-34-11-5-6-12-35(34)45-36/h2-21,23,26,37,39,42,46H,22,24-25H2,1H3,(H,44,47)(H,48,49)/t26-,37+,39+,42+/m1/s1. The molecule has 1 aliphatic rings. The first-order valence-electron chi connectivity index (χ1n) is 17.0. The molecular formula is C42H37N3O6S. The van der Waals surface area contributed by atoms with Crippen LogP contribution in [0.4, 0.5) is 0 Å². The molecule has 0 spiro atoms. The van der Waals surface area contributed by atoms with Crippen molar-refractivity contribution in [2.45, 2.75) is 43.5 Å². The molecule has 0 aliphatic carbocycles. The number of nitrogens with one attached hydrogen (secondary N) is 1. The number of fused-ring (bicyclic) bond motifs is 1. The van der Waals surface area contributed by atoms with E-state index in [-0.39, 0.29) is 41.9 Å². The summed E-state index contributed by atoms with van der Waals surface area (Å²) in [5, 5.41) is 22.3. The number of carbonyl (C=O) groups is 2.